The zero-order valence-corrected chi connectivity index (χ0v) is 16.5. The first-order valence-electron chi connectivity index (χ1n) is 9.42. The van der Waals surface area contributed by atoms with Gasteiger partial charge in [0, 0.05) is 47.6 Å². The molecule has 1 amide bonds. The topological polar surface area (TPSA) is 128 Å². The average Bonchev–Trinajstić information content (AvgIpc) is 3.28. The van der Waals surface area contributed by atoms with Gasteiger partial charge in [0.1, 0.15) is 5.70 Å². The van der Waals surface area contributed by atoms with Gasteiger partial charge in [-0.2, -0.15) is 0 Å². The fourth-order valence-corrected chi connectivity index (χ4v) is 6.12. The number of H-pyrrole nitrogens is 1. The van der Waals surface area contributed by atoms with E-state index in [1.165, 1.54) is 16.7 Å². The van der Waals surface area contributed by atoms with Gasteiger partial charge in [0.05, 0.1) is 18.1 Å². The van der Waals surface area contributed by atoms with Crippen LogP contribution in [0.4, 0.5) is 0 Å². The monoisotopic (exact) mass is 408 g/mol. The fourth-order valence-electron chi connectivity index (χ4n) is 4.60. The van der Waals surface area contributed by atoms with Crippen LogP contribution in [0.15, 0.2) is 27.8 Å². The van der Waals surface area contributed by atoms with Crippen molar-refractivity contribution in [2.45, 2.75) is 50.3 Å². The van der Waals surface area contributed by atoms with Crippen LogP contribution in [0.2, 0.25) is 0 Å². The van der Waals surface area contributed by atoms with Gasteiger partial charge in [-0.25, -0.2) is 9.59 Å². The lowest BCUT2D eigenvalue weighted by Gasteiger charge is -2.46. The van der Waals surface area contributed by atoms with E-state index in [0.29, 0.717) is 18.0 Å². The summed E-state index contributed by atoms with van der Waals surface area (Å²) in [4.78, 5) is 40.6. The summed E-state index contributed by atoms with van der Waals surface area (Å²) in [6, 6.07) is -0.162. The third-order valence-electron chi connectivity index (χ3n) is 5.93. The summed E-state index contributed by atoms with van der Waals surface area (Å²) >= 11 is 1.51. The van der Waals surface area contributed by atoms with Crippen LogP contribution in [-0.4, -0.2) is 66.5 Å². The maximum atomic E-state index is 12.4. The maximum absolute atomic E-state index is 12.4. The molecule has 3 aliphatic heterocycles. The smallest absolute Gasteiger partial charge is 0.353 e. The molecule has 4 heterocycles. The Balaban J connectivity index is 1.48. The molecule has 6 atom stereocenters. The van der Waals surface area contributed by atoms with E-state index in [2.05, 4.69) is 10.3 Å². The SMILES string of the molecule is C[C@@H](O)[C@H]1C(=O)N2C(C(=O)O)=C(S[C@@H]3CN[C@H](Cn4cc[nH]c4=O)C3)[C@H](C)[C@H]12. The molecule has 0 aliphatic carbocycles. The molecule has 1 aromatic heterocycles. The van der Waals surface area contributed by atoms with Crippen LogP contribution in [-0.2, 0) is 16.1 Å². The van der Waals surface area contributed by atoms with Gasteiger partial charge in [-0.15, -0.1) is 11.8 Å². The molecule has 2 saturated heterocycles. The highest BCUT2D eigenvalue weighted by molar-refractivity contribution is 8.03. The van der Waals surface area contributed by atoms with Crippen molar-refractivity contribution in [3.05, 3.63) is 33.5 Å². The molecule has 10 heteroatoms. The minimum Gasteiger partial charge on any atom is -0.477 e. The quantitative estimate of drug-likeness (QED) is 0.480. The highest BCUT2D eigenvalue weighted by atomic mass is 32.2. The number of thioether (sulfide) groups is 1. The lowest BCUT2D eigenvalue weighted by Crippen LogP contribution is -2.63. The van der Waals surface area contributed by atoms with Crippen molar-refractivity contribution in [3.8, 4) is 0 Å². The summed E-state index contributed by atoms with van der Waals surface area (Å²) in [5.41, 5.74) is -0.0834. The summed E-state index contributed by atoms with van der Waals surface area (Å²) in [6.07, 6.45) is 3.31. The van der Waals surface area contributed by atoms with Gasteiger partial charge < -0.3 is 25.4 Å². The fraction of sp³-hybridized carbons (Fsp3) is 0.611. The number of nitrogens with zero attached hydrogens (tertiary/aromatic N) is 2. The van der Waals surface area contributed by atoms with E-state index in [1.807, 2.05) is 6.92 Å². The summed E-state index contributed by atoms with van der Waals surface area (Å²) in [5, 5.41) is 23.2. The van der Waals surface area contributed by atoms with Gasteiger partial charge in [-0.05, 0) is 13.3 Å². The molecule has 4 N–H and O–H groups in total. The molecule has 0 saturated carbocycles. The molecule has 152 valence electrons. The minimum atomic E-state index is -1.10. The van der Waals surface area contributed by atoms with Crippen molar-refractivity contribution in [1.82, 2.24) is 19.8 Å². The van der Waals surface area contributed by atoms with Crippen molar-refractivity contribution < 1.29 is 19.8 Å². The van der Waals surface area contributed by atoms with Crippen molar-refractivity contribution in [3.63, 3.8) is 0 Å². The van der Waals surface area contributed by atoms with E-state index < -0.39 is 18.0 Å². The number of aliphatic hydroxyl groups is 1. The zero-order valence-electron chi connectivity index (χ0n) is 15.7. The number of aromatic amines is 1. The Kier molecular flexibility index (Phi) is 4.88. The summed E-state index contributed by atoms with van der Waals surface area (Å²) < 4.78 is 1.61. The zero-order chi connectivity index (χ0) is 20.2. The molecule has 0 radical (unpaired) electrons. The van der Waals surface area contributed by atoms with Crippen LogP contribution in [0.5, 0.6) is 0 Å². The van der Waals surface area contributed by atoms with E-state index >= 15 is 0 Å². The molecule has 28 heavy (non-hydrogen) atoms. The van der Waals surface area contributed by atoms with Gasteiger partial charge in [-0.3, -0.25) is 9.36 Å². The Labute approximate surface area is 165 Å². The Hall–Kier alpha value is -2.04. The number of carboxylic acids is 1. The first kappa shape index (κ1) is 19.3. The molecule has 9 nitrogen and oxygen atoms in total. The van der Waals surface area contributed by atoms with Crippen LogP contribution < -0.4 is 11.0 Å². The maximum Gasteiger partial charge on any atom is 0.353 e. The van der Waals surface area contributed by atoms with Crippen LogP contribution in [0.1, 0.15) is 20.3 Å². The predicted octanol–water partition coefficient (Wildman–Crippen LogP) is -0.206. The van der Waals surface area contributed by atoms with E-state index in [9.17, 15) is 24.6 Å². The minimum absolute atomic E-state index is 0.0645. The Bertz CT molecular complexity index is 891. The third-order valence-corrected chi connectivity index (χ3v) is 7.44. The lowest BCUT2D eigenvalue weighted by molar-refractivity contribution is -0.163. The Morgan fingerprint density at radius 3 is 2.79 bits per heavy atom. The van der Waals surface area contributed by atoms with E-state index in [4.69, 9.17) is 0 Å². The number of carbonyl (C=O) groups excluding carboxylic acids is 1. The Morgan fingerprint density at radius 1 is 1.43 bits per heavy atom. The largest absolute Gasteiger partial charge is 0.477 e. The van der Waals surface area contributed by atoms with Crippen molar-refractivity contribution >= 4 is 23.6 Å². The number of imidazole rings is 1. The number of hydrogen-bond donors (Lipinski definition) is 4. The number of hydrogen-bond acceptors (Lipinski definition) is 6. The molecule has 0 unspecified atom stereocenters. The second-order valence-electron chi connectivity index (χ2n) is 7.77. The first-order valence-corrected chi connectivity index (χ1v) is 10.3. The number of carboxylic acid groups (broad SMARTS) is 1. The molecule has 4 rings (SSSR count). The Morgan fingerprint density at radius 2 is 2.18 bits per heavy atom. The molecule has 2 fully saturated rings. The van der Waals surface area contributed by atoms with E-state index in [0.717, 1.165) is 6.42 Å². The molecule has 0 bridgehead atoms. The summed E-state index contributed by atoms with van der Waals surface area (Å²) in [5.74, 6) is -2.08. The van der Waals surface area contributed by atoms with Crippen molar-refractivity contribution in [1.29, 1.82) is 0 Å². The van der Waals surface area contributed by atoms with E-state index in [1.54, 1.807) is 23.9 Å². The van der Waals surface area contributed by atoms with Crippen LogP contribution in [0.3, 0.4) is 0 Å². The second kappa shape index (κ2) is 7.09. The number of amides is 1. The van der Waals surface area contributed by atoms with Crippen LogP contribution in [0.25, 0.3) is 0 Å². The van der Waals surface area contributed by atoms with Gasteiger partial charge in [0.2, 0.25) is 5.91 Å². The molecule has 0 aromatic carbocycles. The predicted molar refractivity (Wildman–Crippen MR) is 102 cm³/mol. The van der Waals surface area contributed by atoms with Crippen LogP contribution in [0, 0.1) is 11.8 Å². The normalized spacial score (nSPS) is 33.2. The lowest BCUT2D eigenvalue weighted by atomic mass is 9.79. The number of fused-ring (bicyclic) bond motifs is 1. The number of carbonyl (C=O) groups is 2. The molecule has 1 aromatic rings. The molecular weight excluding hydrogens is 384 g/mol. The van der Waals surface area contributed by atoms with Gasteiger partial charge in [0.25, 0.3) is 0 Å². The van der Waals surface area contributed by atoms with Crippen molar-refractivity contribution in [2.75, 3.05) is 6.54 Å². The molecule has 0 spiro atoms. The highest BCUT2D eigenvalue weighted by Gasteiger charge is 2.60. The van der Waals surface area contributed by atoms with Gasteiger partial charge in [-0.1, -0.05) is 6.92 Å². The number of aliphatic hydroxyl groups excluding tert-OH is 1. The first-order chi connectivity index (χ1) is 13.3. The van der Waals surface area contributed by atoms with Gasteiger partial charge in [0.15, 0.2) is 0 Å². The second-order valence-corrected chi connectivity index (χ2v) is 9.11. The average molecular weight is 408 g/mol. The summed E-state index contributed by atoms with van der Waals surface area (Å²) in [6.45, 7) is 4.76. The molecular formula is C18H24N4O5S. The summed E-state index contributed by atoms with van der Waals surface area (Å²) in [7, 11) is 0. The standard InChI is InChI=1S/C18H24N4O5S/c1-8-13-12(9(2)23)16(24)22(13)14(17(25)26)15(8)28-11-5-10(20-6-11)7-21-4-3-19-18(21)27/h3-4,8-13,20,23H,5-7H2,1-2H3,(H,19,27)(H,25,26)/t8-,9-,10+,11+,12-,13-/m1/s1. The third kappa shape index (κ3) is 2.99. The van der Waals surface area contributed by atoms with E-state index in [-0.39, 0.29) is 40.5 Å². The highest BCUT2D eigenvalue weighted by Crippen LogP contribution is 2.51. The number of aromatic nitrogens is 2. The number of nitrogens with one attached hydrogen (secondary N) is 2. The number of rotatable bonds is 6. The van der Waals surface area contributed by atoms with Crippen molar-refractivity contribution in [2.24, 2.45) is 11.8 Å². The number of aliphatic carboxylic acids is 1. The number of β-lactam (4-membered cyclic amide) rings is 1. The van der Waals surface area contributed by atoms with Gasteiger partial charge >= 0.3 is 11.7 Å². The van der Waals surface area contributed by atoms with Crippen LogP contribution >= 0.6 is 11.8 Å². The molecule has 3 aliphatic rings.